The smallest absolute Gasteiger partial charge is 0.156 e. The Bertz CT molecular complexity index is 416. The van der Waals surface area contributed by atoms with Gasteiger partial charge in [0.15, 0.2) is 5.17 Å². The summed E-state index contributed by atoms with van der Waals surface area (Å²) >= 11 is 7.69. The molecular weight excluding hydrogens is 264 g/mol. The Kier molecular flexibility index (Phi) is 4.95. The van der Waals surface area contributed by atoms with E-state index in [1.807, 2.05) is 23.9 Å². The van der Waals surface area contributed by atoms with Crippen molar-refractivity contribution in [3.63, 3.8) is 0 Å². The highest BCUT2D eigenvalue weighted by Crippen LogP contribution is 2.19. The molecule has 0 saturated carbocycles. The minimum absolute atomic E-state index is 0.528. The number of amidine groups is 1. The zero-order chi connectivity index (χ0) is 13.0. The molecule has 1 aromatic rings. The highest BCUT2D eigenvalue weighted by atomic mass is 35.5. The van der Waals surface area contributed by atoms with E-state index >= 15 is 0 Å². The molecule has 0 aromatic heterocycles. The van der Waals surface area contributed by atoms with Crippen LogP contribution in [0.4, 0.5) is 0 Å². The first-order chi connectivity index (χ1) is 8.65. The van der Waals surface area contributed by atoms with E-state index in [1.165, 1.54) is 5.56 Å². The molecule has 1 saturated heterocycles. The number of aliphatic imine (C=N–C) groups is 1. The summed E-state index contributed by atoms with van der Waals surface area (Å²) in [6, 6.07) is 8.52. The molecule has 0 radical (unpaired) electrons. The average molecular weight is 283 g/mol. The van der Waals surface area contributed by atoms with Gasteiger partial charge >= 0.3 is 0 Å². The van der Waals surface area contributed by atoms with Crippen LogP contribution >= 0.6 is 23.4 Å². The standard InChI is InChI=1S/C14H19ClN2S/c1-10-9-18-14(17-11(10)2)16-8-7-12-3-5-13(15)6-4-12/h3-6,10-11H,7-9H2,1-2H3,(H,16,17). The number of nitrogens with one attached hydrogen (secondary N) is 1. The average Bonchev–Trinajstić information content (AvgIpc) is 2.36. The first kappa shape index (κ1) is 13.8. The minimum atomic E-state index is 0.528. The van der Waals surface area contributed by atoms with Crippen molar-refractivity contribution in [1.29, 1.82) is 0 Å². The third-order valence-electron chi connectivity index (χ3n) is 3.26. The lowest BCUT2D eigenvalue weighted by Crippen LogP contribution is -2.41. The van der Waals surface area contributed by atoms with Gasteiger partial charge in [0, 0.05) is 23.4 Å². The summed E-state index contributed by atoms with van der Waals surface area (Å²) in [5.74, 6) is 1.87. The summed E-state index contributed by atoms with van der Waals surface area (Å²) in [6.07, 6.45) is 0.965. The molecule has 2 rings (SSSR count). The number of rotatable bonds is 3. The molecular formula is C14H19ClN2S. The highest BCUT2D eigenvalue weighted by Gasteiger charge is 2.20. The van der Waals surface area contributed by atoms with Crippen LogP contribution in [0.3, 0.4) is 0 Å². The minimum Gasteiger partial charge on any atom is -0.362 e. The Hall–Kier alpha value is -0.670. The lowest BCUT2D eigenvalue weighted by molar-refractivity contribution is 0.490. The topological polar surface area (TPSA) is 24.4 Å². The molecule has 2 unspecified atom stereocenters. The van der Waals surface area contributed by atoms with E-state index in [-0.39, 0.29) is 0 Å². The number of benzene rings is 1. The Labute approximate surface area is 118 Å². The van der Waals surface area contributed by atoms with Gasteiger partial charge in [0.05, 0.1) is 0 Å². The number of hydrogen-bond donors (Lipinski definition) is 1. The fourth-order valence-corrected chi connectivity index (χ4v) is 3.05. The highest BCUT2D eigenvalue weighted by molar-refractivity contribution is 8.13. The molecule has 4 heteroatoms. The van der Waals surface area contributed by atoms with Crippen molar-refractivity contribution in [1.82, 2.24) is 5.32 Å². The lowest BCUT2D eigenvalue weighted by atomic mass is 10.1. The van der Waals surface area contributed by atoms with Gasteiger partial charge in [-0.3, -0.25) is 4.99 Å². The van der Waals surface area contributed by atoms with Gasteiger partial charge < -0.3 is 5.32 Å². The Morgan fingerprint density at radius 3 is 2.72 bits per heavy atom. The second kappa shape index (κ2) is 6.48. The molecule has 1 fully saturated rings. The largest absolute Gasteiger partial charge is 0.362 e. The van der Waals surface area contributed by atoms with Crippen LogP contribution in [0, 0.1) is 5.92 Å². The third kappa shape index (κ3) is 3.92. The van der Waals surface area contributed by atoms with Gasteiger partial charge in [-0.2, -0.15) is 0 Å². The first-order valence-electron chi connectivity index (χ1n) is 6.33. The van der Waals surface area contributed by atoms with Gasteiger partial charge in [0.1, 0.15) is 0 Å². The molecule has 0 aliphatic carbocycles. The predicted molar refractivity (Wildman–Crippen MR) is 81.7 cm³/mol. The van der Waals surface area contributed by atoms with Gasteiger partial charge in [-0.05, 0) is 37.0 Å². The van der Waals surface area contributed by atoms with Crippen molar-refractivity contribution < 1.29 is 0 Å². The molecule has 2 atom stereocenters. The summed E-state index contributed by atoms with van der Waals surface area (Å²) in [4.78, 5) is 4.62. The molecule has 1 aliphatic rings. The van der Waals surface area contributed by atoms with E-state index in [4.69, 9.17) is 11.6 Å². The quantitative estimate of drug-likeness (QED) is 0.916. The normalized spacial score (nSPS) is 26.1. The van der Waals surface area contributed by atoms with Gasteiger partial charge in [-0.15, -0.1) is 0 Å². The molecule has 1 aromatic carbocycles. The van der Waals surface area contributed by atoms with E-state index in [2.05, 4.69) is 36.3 Å². The van der Waals surface area contributed by atoms with E-state index in [9.17, 15) is 0 Å². The molecule has 18 heavy (non-hydrogen) atoms. The van der Waals surface area contributed by atoms with Crippen LogP contribution in [-0.2, 0) is 6.42 Å². The maximum Gasteiger partial charge on any atom is 0.156 e. The van der Waals surface area contributed by atoms with E-state index in [1.54, 1.807) is 0 Å². The number of hydrogen-bond acceptors (Lipinski definition) is 2. The summed E-state index contributed by atoms with van der Waals surface area (Å²) in [5, 5.41) is 5.33. The van der Waals surface area contributed by atoms with Crippen molar-refractivity contribution in [2.24, 2.45) is 10.9 Å². The van der Waals surface area contributed by atoms with Gasteiger partial charge in [-0.1, -0.05) is 42.4 Å². The second-order valence-electron chi connectivity index (χ2n) is 4.78. The van der Waals surface area contributed by atoms with Crippen LogP contribution in [-0.4, -0.2) is 23.5 Å². The van der Waals surface area contributed by atoms with Crippen LogP contribution in [0.15, 0.2) is 29.3 Å². The number of nitrogens with zero attached hydrogens (tertiary/aromatic N) is 1. The van der Waals surface area contributed by atoms with Crippen LogP contribution in [0.25, 0.3) is 0 Å². The fourth-order valence-electron chi connectivity index (χ4n) is 1.76. The zero-order valence-corrected chi connectivity index (χ0v) is 12.4. The zero-order valence-electron chi connectivity index (χ0n) is 10.8. The summed E-state index contributed by atoms with van der Waals surface area (Å²) in [7, 11) is 0. The first-order valence-corrected chi connectivity index (χ1v) is 7.70. The molecule has 0 amide bonds. The molecule has 1 N–H and O–H groups in total. The number of halogens is 1. The van der Waals surface area contributed by atoms with Crippen molar-refractivity contribution in [3.8, 4) is 0 Å². The summed E-state index contributed by atoms with van der Waals surface area (Å²) in [5.41, 5.74) is 1.28. The van der Waals surface area contributed by atoms with Crippen LogP contribution in [0.1, 0.15) is 19.4 Å². The fraction of sp³-hybridized carbons (Fsp3) is 0.500. The van der Waals surface area contributed by atoms with Gasteiger partial charge in [0.2, 0.25) is 0 Å². The summed E-state index contributed by atoms with van der Waals surface area (Å²) in [6.45, 7) is 5.33. The van der Waals surface area contributed by atoms with E-state index < -0.39 is 0 Å². The SMILES string of the molecule is CC1CSC(=NCCc2ccc(Cl)cc2)NC1C. The van der Waals surface area contributed by atoms with Crippen LogP contribution in [0.5, 0.6) is 0 Å². The van der Waals surface area contributed by atoms with Gasteiger partial charge in [0.25, 0.3) is 0 Å². The number of thioether (sulfide) groups is 1. The Morgan fingerprint density at radius 1 is 1.33 bits per heavy atom. The Balaban J connectivity index is 1.82. The maximum atomic E-state index is 5.86. The lowest BCUT2D eigenvalue weighted by Gasteiger charge is -2.28. The van der Waals surface area contributed by atoms with Gasteiger partial charge in [-0.25, -0.2) is 0 Å². The van der Waals surface area contributed by atoms with Crippen LogP contribution in [0.2, 0.25) is 5.02 Å². The van der Waals surface area contributed by atoms with Crippen molar-refractivity contribution >= 4 is 28.5 Å². The molecule has 1 aliphatic heterocycles. The monoisotopic (exact) mass is 282 g/mol. The predicted octanol–water partition coefficient (Wildman–Crippen LogP) is 3.60. The molecule has 98 valence electrons. The molecule has 2 nitrogen and oxygen atoms in total. The molecule has 1 heterocycles. The molecule has 0 bridgehead atoms. The molecule has 0 spiro atoms. The third-order valence-corrected chi connectivity index (χ3v) is 4.72. The second-order valence-corrected chi connectivity index (χ2v) is 6.23. The maximum absolute atomic E-state index is 5.86. The van der Waals surface area contributed by atoms with E-state index in [0.29, 0.717) is 12.0 Å². The van der Waals surface area contributed by atoms with Crippen molar-refractivity contribution in [2.45, 2.75) is 26.3 Å². The van der Waals surface area contributed by atoms with Crippen molar-refractivity contribution in [3.05, 3.63) is 34.9 Å². The Morgan fingerprint density at radius 2 is 2.06 bits per heavy atom. The van der Waals surface area contributed by atoms with Crippen LogP contribution < -0.4 is 5.32 Å². The summed E-state index contributed by atoms with van der Waals surface area (Å²) < 4.78 is 0. The van der Waals surface area contributed by atoms with E-state index in [0.717, 1.165) is 28.9 Å². The van der Waals surface area contributed by atoms with Crippen molar-refractivity contribution in [2.75, 3.05) is 12.3 Å².